The second-order valence-electron chi connectivity index (χ2n) is 10.4. The van der Waals surface area contributed by atoms with E-state index in [2.05, 4.69) is 16.5 Å². The Labute approximate surface area is 269 Å². The van der Waals surface area contributed by atoms with E-state index in [9.17, 15) is 8.42 Å². The number of hydrogen-bond acceptors (Lipinski definition) is 5. The molecule has 2 N–H and O–H groups in total. The Morgan fingerprint density at radius 1 is 1.02 bits per heavy atom. The molecule has 3 aromatic rings. The van der Waals surface area contributed by atoms with Gasteiger partial charge in [0.15, 0.2) is 0 Å². The molecule has 1 fully saturated rings. The second-order valence-corrected chi connectivity index (χ2v) is 12.4. The number of piperidine rings is 1. The number of anilines is 1. The van der Waals surface area contributed by atoms with Crippen molar-refractivity contribution in [1.82, 2.24) is 4.90 Å². The Morgan fingerprint density at radius 2 is 1.67 bits per heavy atom. The maximum absolute atomic E-state index is 13.6. The number of hydrogen-bond donors (Lipinski definition) is 1. The number of rotatable bonds is 6. The van der Waals surface area contributed by atoms with Crippen LogP contribution in [0.3, 0.4) is 0 Å². The van der Waals surface area contributed by atoms with Gasteiger partial charge in [0.25, 0.3) is 10.0 Å². The van der Waals surface area contributed by atoms with Crippen LogP contribution in [0.15, 0.2) is 83.2 Å². The Bertz CT molecular complexity index is 1610. The van der Waals surface area contributed by atoms with Crippen LogP contribution in [0, 0.1) is 0 Å². The first kappa shape index (κ1) is 34.0. The van der Waals surface area contributed by atoms with Crippen molar-refractivity contribution in [2.45, 2.75) is 53.2 Å². The minimum atomic E-state index is -3.69. The number of ether oxygens (including phenoxy) is 1. The fourth-order valence-electron chi connectivity index (χ4n) is 5.25. The number of allylic oxidation sites excluding steroid dienone is 1. The van der Waals surface area contributed by atoms with Gasteiger partial charge in [0.05, 0.1) is 23.0 Å². The summed E-state index contributed by atoms with van der Waals surface area (Å²) in [6.45, 7) is 13.5. The smallest absolute Gasteiger partial charge is 0.260 e. The fourth-order valence-corrected chi connectivity index (χ4v) is 6.61. The van der Waals surface area contributed by atoms with Gasteiger partial charge in [-0.15, -0.1) is 0 Å². The van der Waals surface area contributed by atoms with Crippen LogP contribution in [-0.2, 0) is 35.1 Å². The molecule has 2 aliphatic rings. The molecular formula is C34H42N4O3SV. The summed E-state index contributed by atoms with van der Waals surface area (Å²) in [5.74, 6) is 1.72. The number of nitrogens with two attached hydrogens (primary N) is 1. The normalized spacial score (nSPS) is 16.2. The number of nitrogens with zero attached hydrogens (tertiary/aromatic N) is 3. The summed E-state index contributed by atoms with van der Waals surface area (Å²) >= 11 is 0. The third-order valence-electron chi connectivity index (χ3n) is 7.67. The van der Waals surface area contributed by atoms with Crippen LogP contribution >= 0.6 is 0 Å². The first-order valence-corrected chi connectivity index (χ1v) is 15.9. The van der Waals surface area contributed by atoms with Crippen molar-refractivity contribution in [3.63, 3.8) is 0 Å². The maximum Gasteiger partial charge on any atom is 0.260 e. The van der Waals surface area contributed by atoms with Crippen molar-refractivity contribution in [1.29, 1.82) is 0 Å². The van der Waals surface area contributed by atoms with Gasteiger partial charge in [-0.3, -0.25) is 9.30 Å². The van der Waals surface area contributed by atoms with Crippen LogP contribution in [0.1, 0.15) is 57.2 Å². The van der Waals surface area contributed by atoms with Crippen LogP contribution in [-0.4, -0.2) is 45.4 Å². The predicted octanol–water partition coefficient (Wildman–Crippen LogP) is 6.91. The largest absolute Gasteiger partial charge is 0.490 e. The molecule has 0 atom stereocenters. The molecule has 43 heavy (non-hydrogen) atoms. The van der Waals surface area contributed by atoms with E-state index < -0.39 is 10.0 Å². The van der Waals surface area contributed by atoms with Crippen LogP contribution < -0.4 is 14.8 Å². The quantitative estimate of drug-likeness (QED) is 0.235. The van der Waals surface area contributed by atoms with Crippen LogP contribution in [0.2, 0.25) is 0 Å². The third kappa shape index (κ3) is 7.74. The molecule has 1 saturated heterocycles. The molecule has 1 radical (unpaired) electrons. The molecule has 0 spiro atoms. The Hall–Kier alpha value is -3.46. The minimum Gasteiger partial charge on any atom is -0.490 e. The molecule has 5 rings (SSSR count). The molecule has 0 amide bonds. The van der Waals surface area contributed by atoms with E-state index in [1.807, 2.05) is 94.5 Å². The van der Waals surface area contributed by atoms with E-state index in [-0.39, 0.29) is 31.2 Å². The van der Waals surface area contributed by atoms with Crippen molar-refractivity contribution >= 4 is 33.3 Å². The zero-order chi connectivity index (χ0) is 30.4. The second kappa shape index (κ2) is 14.8. The summed E-state index contributed by atoms with van der Waals surface area (Å²) in [6.07, 6.45) is 3.58. The van der Waals surface area contributed by atoms with Crippen molar-refractivity contribution in [2.75, 3.05) is 24.4 Å². The average Bonchev–Trinajstić information content (AvgIpc) is 3.01. The summed E-state index contributed by atoms with van der Waals surface area (Å²) < 4.78 is 35.0. The van der Waals surface area contributed by atoms with Gasteiger partial charge in [-0.05, 0) is 66.4 Å². The maximum atomic E-state index is 13.6. The number of likely N-dealkylation sites (tertiary alicyclic amines) is 1. The number of sulfonamides is 1. The molecule has 0 aromatic heterocycles. The van der Waals surface area contributed by atoms with Crippen LogP contribution in [0.4, 0.5) is 5.69 Å². The van der Waals surface area contributed by atoms with E-state index in [4.69, 9.17) is 10.5 Å². The van der Waals surface area contributed by atoms with Gasteiger partial charge >= 0.3 is 0 Å². The van der Waals surface area contributed by atoms with E-state index in [1.54, 1.807) is 13.0 Å². The summed E-state index contributed by atoms with van der Waals surface area (Å²) in [7, 11) is -1.87. The predicted molar refractivity (Wildman–Crippen MR) is 176 cm³/mol. The van der Waals surface area contributed by atoms with E-state index >= 15 is 0 Å². The van der Waals surface area contributed by atoms with Crippen molar-refractivity contribution < 1.29 is 31.7 Å². The van der Waals surface area contributed by atoms with Crippen LogP contribution in [0.5, 0.6) is 5.75 Å². The van der Waals surface area contributed by atoms with Gasteiger partial charge in [-0.25, -0.2) is 8.42 Å². The Kier molecular flexibility index (Phi) is 11.7. The van der Waals surface area contributed by atoms with Gasteiger partial charge < -0.3 is 15.4 Å². The average molecular weight is 638 g/mol. The molecule has 9 heteroatoms. The molecule has 2 aliphatic heterocycles. The summed E-state index contributed by atoms with van der Waals surface area (Å²) in [5, 5.41) is 0. The number of benzene rings is 3. The van der Waals surface area contributed by atoms with E-state index in [0.717, 1.165) is 59.6 Å². The fraction of sp³-hybridized carbons (Fsp3) is 0.324. The van der Waals surface area contributed by atoms with E-state index in [0.29, 0.717) is 22.0 Å². The Balaban J connectivity index is 0.00000165. The third-order valence-corrected chi connectivity index (χ3v) is 9.51. The zero-order valence-electron chi connectivity index (χ0n) is 25.7. The van der Waals surface area contributed by atoms with Crippen molar-refractivity contribution in [3.05, 3.63) is 94.9 Å². The van der Waals surface area contributed by atoms with Crippen LogP contribution in [0.25, 0.3) is 22.9 Å². The van der Waals surface area contributed by atoms with E-state index in [1.165, 1.54) is 4.31 Å². The molecular weight excluding hydrogens is 595 g/mol. The standard InChI is InChI=1S/C32H36N4O3S.C2H6.V/c1-22-17-29-11-12-31(39-30-13-15-35(16-14-30)24(3)34-4)20-32(29)36(40(22,37)38)21-25-7-5-9-27(18-25)28-10-6-8-26(19-28)23(2)33;1-2;/h5-12,17-20,30H,2,13-16,21,33H2,1,3-4H3;1-2H3;. The molecule has 0 bridgehead atoms. The first-order valence-electron chi connectivity index (χ1n) is 14.5. The number of amidine groups is 1. The molecule has 7 nitrogen and oxygen atoms in total. The number of aliphatic imine (C=N–C) groups is 1. The molecule has 3 aromatic carbocycles. The summed E-state index contributed by atoms with van der Waals surface area (Å²) in [5.41, 5.74) is 11.6. The molecule has 0 aliphatic carbocycles. The van der Waals surface area contributed by atoms with Gasteiger partial charge in [-0.2, -0.15) is 0 Å². The molecule has 2 heterocycles. The SMILES string of the molecule is C=C(N)c1cccc(-c2cccc(CN3c4cc(OC5CCN(C(C)=NC)CC5)ccc4C=C(C)S3(=O)=O)c2)c1.CC.[V]. The summed E-state index contributed by atoms with van der Waals surface area (Å²) in [6, 6.07) is 21.5. The monoisotopic (exact) mass is 637 g/mol. The van der Waals surface area contributed by atoms with Crippen molar-refractivity contribution in [3.8, 4) is 16.9 Å². The van der Waals surface area contributed by atoms with Gasteiger partial charge in [0.2, 0.25) is 0 Å². The molecule has 0 saturated carbocycles. The topological polar surface area (TPSA) is 88.2 Å². The molecule has 227 valence electrons. The molecule has 0 unspecified atom stereocenters. The summed E-state index contributed by atoms with van der Waals surface area (Å²) in [4.78, 5) is 6.88. The Morgan fingerprint density at radius 3 is 2.33 bits per heavy atom. The number of fused-ring (bicyclic) bond motifs is 1. The van der Waals surface area contributed by atoms with Gasteiger partial charge in [0, 0.05) is 68.9 Å². The zero-order valence-corrected chi connectivity index (χ0v) is 28.0. The van der Waals surface area contributed by atoms with Crippen molar-refractivity contribution in [2.24, 2.45) is 10.7 Å². The first-order chi connectivity index (χ1) is 20.2. The van der Waals surface area contributed by atoms with Gasteiger partial charge in [-0.1, -0.05) is 56.8 Å². The minimum absolute atomic E-state index is 0. The van der Waals surface area contributed by atoms with Gasteiger partial charge in [0.1, 0.15) is 11.9 Å².